The average Bonchev–Trinajstić information content (AvgIpc) is 2.71. The number of hydrogen-bond donors (Lipinski definition) is 1. The molecule has 1 aromatic heterocycles. The van der Waals surface area contributed by atoms with Gasteiger partial charge in [0.25, 0.3) is 0 Å². The van der Waals surface area contributed by atoms with Gasteiger partial charge < -0.3 is 5.73 Å². The predicted octanol–water partition coefficient (Wildman–Crippen LogP) is 3.46. The Morgan fingerprint density at radius 1 is 1.44 bits per heavy atom. The lowest BCUT2D eigenvalue weighted by Gasteiger charge is -2.33. The number of rotatable bonds is 3. The van der Waals surface area contributed by atoms with Gasteiger partial charge in [-0.25, -0.2) is 0 Å². The lowest BCUT2D eigenvalue weighted by Crippen LogP contribution is -2.36. The van der Waals surface area contributed by atoms with Gasteiger partial charge in [-0.05, 0) is 29.8 Å². The quantitative estimate of drug-likeness (QED) is 0.907. The Morgan fingerprint density at radius 2 is 2.11 bits per heavy atom. The summed E-state index contributed by atoms with van der Waals surface area (Å²) in [6.07, 6.45) is 1.86. The smallest absolute Gasteiger partial charge is 0.0708 e. The largest absolute Gasteiger partial charge is 0.322 e. The molecule has 0 aliphatic carbocycles. The summed E-state index contributed by atoms with van der Waals surface area (Å²) in [5, 5.41) is 5.50. The van der Waals surface area contributed by atoms with Crippen molar-refractivity contribution in [3.8, 4) is 0 Å². The number of nitrogens with zero attached hydrogens (tertiary/aromatic N) is 2. The maximum Gasteiger partial charge on any atom is 0.0708 e. The number of aromatic nitrogens is 2. The molecule has 0 bridgehead atoms. The molecule has 1 fully saturated rings. The first-order valence-electron chi connectivity index (χ1n) is 6.24. The highest BCUT2D eigenvalue weighted by Gasteiger charge is 2.32. The van der Waals surface area contributed by atoms with Crippen LogP contribution in [-0.2, 0) is 0 Å². The molecule has 1 aliphatic rings. The second-order valence-corrected chi connectivity index (χ2v) is 8.48. The molecule has 0 saturated carbocycles. The fourth-order valence-corrected chi connectivity index (χ4v) is 5.66. The van der Waals surface area contributed by atoms with Crippen LogP contribution < -0.4 is 5.73 Å². The lowest BCUT2D eigenvalue weighted by atomic mass is 10.1. The molecule has 3 unspecified atom stereocenters. The third kappa shape index (κ3) is 2.92. The number of thioether (sulfide) groups is 2. The Labute approximate surface area is 126 Å². The molecule has 3 nitrogen and oxygen atoms in total. The molecule has 0 radical (unpaired) electrons. The van der Waals surface area contributed by atoms with Gasteiger partial charge in [-0.1, -0.05) is 6.92 Å². The number of halogens is 1. The van der Waals surface area contributed by atoms with Crippen LogP contribution in [-0.4, -0.2) is 31.8 Å². The van der Waals surface area contributed by atoms with E-state index in [9.17, 15) is 0 Å². The zero-order chi connectivity index (χ0) is 13.3. The van der Waals surface area contributed by atoms with Gasteiger partial charge in [0, 0.05) is 28.0 Å². The highest BCUT2D eigenvalue weighted by molar-refractivity contribution is 9.10. The van der Waals surface area contributed by atoms with E-state index in [0.29, 0.717) is 16.5 Å². The Hall–Kier alpha value is 0.350. The van der Waals surface area contributed by atoms with Crippen molar-refractivity contribution in [3.63, 3.8) is 0 Å². The number of nitrogens with two attached hydrogens (primary N) is 1. The summed E-state index contributed by atoms with van der Waals surface area (Å²) in [4.78, 5) is 0. The molecule has 3 atom stereocenters. The zero-order valence-corrected chi connectivity index (χ0v) is 14.2. The van der Waals surface area contributed by atoms with E-state index in [0.717, 1.165) is 10.2 Å². The van der Waals surface area contributed by atoms with Crippen molar-refractivity contribution in [1.82, 2.24) is 9.78 Å². The van der Waals surface area contributed by atoms with E-state index >= 15 is 0 Å². The maximum absolute atomic E-state index is 6.52. The molecule has 0 amide bonds. The molecule has 1 saturated heterocycles. The molecule has 1 aliphatic heterocycles. The SMILES string of the molecule is CC1SCCSC1C(N)c1c(Br)cnn1C(C)C. The molecule has 0 aromatic carbocycles. The molecule has 18 heavy (non-hydrogen) atoms. The third-order valence-electron chi connectivity index (χ3n) is 3.18. The van der Waals surface area contributed by atoms with Crippen LogP contribution in [0.3, 0.4) is 0 Å². The van der Waals surface area contributed by atoms with Gasteiger partial charge in [0.2, 0.25) is 0 Å². The summed E-state index contributed by atoms with van der Waals surface area (Å²) in [6, 6.07) is 0.381. The van der Waals surface area contributed by atoms with Crippen molar-refractivity contribution in [3.05, 3.63) is 16.4 Å². The molecule has 1 aromatic rings. The standard InChI is InChI=1S/C12H20BrN3S2/c1-7(2)16-11(9(13)6-15-16)10(14)12-8(3)17-4-5-18-12/h6-8,10,12H,4-5,14H2,1-3H3. The van der Waals surface area contributed by atoms with Crippen molar-refractivity contribution in [2.75, 3.05) is 11.5 Å². The van der Waals surface area contributed by atoms with Gasteiger partial charge in [-0.3, -0.25) is 4.68 Å². The van der Waals surface area contributed by atoms with Crippen LogP contribution in [0.5, 0.6) is 0 Å². The highest BCUT2D eigenvalue weighted by atomic mass is 79.9. The predicted molar refractivity (Wildman–Crippen MR) is 85.4 cm³/mol. The topological polar surface area (TPSA) is 43.8 Å². The summed E-state index contributed by atoms with van der Waals surface area (Å²) in [6.45, 7) is 6.56. The molecule has 2 rings (SSSR count). The summed E-state index contributed by atoms with van der Waals surface area (Å²) in [5.41, 5.74) is 7.66. The van der Waals surface area contributed by atoms with Gasteiger partial charge in [-0.15, -0.1) is 0 Å². The lowest BCUT2D eigenvalue weighted by molar-refractivity contribution is 0.479. The fourth-order valence-electron chi connectivity index (χ4n) is 2.27. The number of hydrogen-bond acceptors (Lipinski definition) is 4. The van der Waals surface area contributed by atoms with E-state index in [1.54, 1.807) is 0 Å². The summed E-state index contributed by atoms with van der Waals surface area (Å²) >= 11 is 7.62. The first-order valence-corrected chi connectivity index (χ1v) is 9.13. The van der Waals surface area contributed by atoms with Crippen molar-refractivity contribution in [2.24, 2.45) is 5.73 Å². The van der Waals surface area contributed by atoms with E-state index in [1.165, 1.54) is 11.5 Å². The maximum atomic E-state index is 6.52. The fraction of sp³-hybridized carbons (Fsp3) is 0.750. The Bertz CT molecular complexity index is 408. The summed E-state index contributed by atoms with van der Waals surface area (Å²) < 4.78 is 3.08. The Morgan fingerprint density at radius 3 is 2.72 bits per heavy atom. The second-order valence-electron chi connectivity index (χ2n) is 4.85. The van der Waals surface area contributed by atoms with Crippen LogP contribution in [0.25, 0.3) is 0 Å². The normalized spacial score (nSPS) is 26.6. The van der Waals surface area contributed by atoms with E-state index < -0.39 is 0 Å². The highest BCUT2D eigenvalue weighted by Crippen LogP contribution is 2.39. The van der Waals surface area contributed by atoms with Crippen LogP contribution in [0.1, 0.15) is 38.5 Å². The minimum absolute atomic E-state index is 0.0390. The monoisotopic (exact) mass is 349 g/mol. The Balaban J connectivity index is 2.27. The Kier molecular flexibility index (Phi) is 5.08. The molecule has 102 valence electrons. The van der Waals surface area contributed by atoms with Crippen molar-refractivity contribution in [2.45, 2.75) is 43.4 Å². The van der Waals surface area contributed by atoms with E-state index in [4.69, 9.17) is 5.73 Å². The minimum atomic E-state index is 0.0390. The first-order chi connectivity index (χ1) is 8.52. The summed E-state index contributed by atoms with van der Waals surface area (Å²) in [7, 11) is 0. The molecule has 2 N–H and O–H groups in total. The molecule has 0 spiro atoms. The van der Waals surface area contributed by atoms with Crippen LogP contribution in [0.15, 0.2) is 10.7 Å². The van der Waals surface area contributed by atoms with Crippen molar-refractivity contribution < 1.29 is 0 Å². The van der Waals surface area contributed by atoms with Crippen LogP contribution in [0, 0.1) is 0 Å². The molecule has 6 heteroatoms. The molecular formula is C12H20BrN3S2. The van der Waals surface area contributed by atoms with Crippen molar-refractivity contribution in [1.29, 1.82) is 0 Å². The van der Waals surface area contributed by atoms with Crippen LogP contribution in [0.2, 0.25) is 0 Å². The van der Waals surface area contributed by atoms with E-state index in [-0.39, 0.29) is 6.04 Å². The van der Waals surface area contributed by atoms with E-state index in [1.807, 2.05) is 34.4 Å². The third-order valence-corrected chi connectivity index (χ3v) is 7.01. The van der Waals surface area contributed by atoms with Crippen molar-refractivity contribution >= 4 is 39.5 Å². The zero-order valence-electron chi connectivity index (χ0n) is 11.0. The molecule has 2 heterocycles. The molecular weight excluding hydrogens is 330 g/mol. The first kappa shape index (κ1) is 14.8. The summed E-state index contributed by atoms with van der Waals surface area (Å²) in [5.74, 6) is 2.43. The second kappa shape index (κ2) is 6.20. The van der Waals surface area contributed by atoms with Gasteiger partial charge in [-0.2, -0.15) is 28.6 Å². The van der Waals surface area contributed by atoms with Gasteiger partial charge in [0.1, 0.15) is 0 Å². The van der Waals surface area contributed by atoms with E-state index in [2.05, 4.69) is 41.8 Å². The van der Waals surface area contributed by atoms with Crippen LogP contribution >= 0.6 is 39.5 Å². The van der Waals surface area contributed by atoms with Gasteiger partial charge in [0.05, 0.1) is 22.4 Å². The average molecular weight is 350 g/mol. The van der Waals surface area contributed by atoms with Crippen LogP contribution in [0.4, 0.5) is 0 Å². The minimum Gasteiger partial charge on any atom is -0.322 e. The van der Waals surface area contributed by atoms with Gasteiger partial charge in [0.15, 0.2) is 0 Å². The van der Waals surface area contributed by atoms with Gasteiger partial charge >= 0.3 is 0 Å².